The van der Waals surface area contributed by atoms with Gasteiger partial charge >= 0.3 is 0 Å². The largest absolute Gasteiger partial charge is 0.399 e. The molecule has 4 heteroatoms. The van der Waals surface area contributed by atoms with Gasteiger partial charge in [0.15, 0.2) is 0 Å². The summed E-state index contributed by atoms with van der Waals surface area (Å²) in [6.07, 6.45) is 3.73. The van der Waals surface area contributed by atoms with Crippen LogP contribution in [0.1, 0.15) is 0 Å². The molecular formula is C11H14N2OS. The third-order valence-corrected chi connectivity index (χ3v) is 3.18. The summed E-state index contributed by atoms with van der Waals surface area (Å²) in [7, 11) is -0.751. The Morgan fingerprint density at radius 2 is 2.20 bits per heavy atom. The van der Waals surface area contributed by atoms with E-state index in [4.69, 9.17) is 5.73 Å². The van der Waals surface area contributed by atoms with E-state index in [2.05, 4.69) is 4.57 Å². The minimum atomic E-state index is -0.751. The van der Waals surface area contributed by atoms with Crippen LogP contribution in [0.25, 0.3) is 10.9 Å². The summed E-state index contributed by atoms with van der Waals surface area (Å²) in [4.78, 5) is 0. The number of aromatic nitrogens is 1. The average Bonchev–Trinajstić information content (AvgIpc) is 2.57. The molecule has 0 spiro atoms. The lowest BCUT2D eigenvalue weighted by atomic mass is 10.2. The molecule has 1 heterocycles. The van der Waals surface area contributed by atoms with Crippen LogP contribution in [0.15, 0.2) is 30.5 Å². The molecule has 1 aromatic carbocycles. The fourth-order valence-corrected chi connectivity index (χ4v) is 2.08. The zero-order valence-corrected chi connectivity index (χ0v) is 9.46. The molecule has 0 aliphatic heterocycles. The van der Waals surface area contributed by atoms with Crippen molar-refractivity contribution in [1.82, 2.24) is 4.57 Å². The molecule has 0 aliphatic carbocycles. The summed E-state index contributed by atoms with van der Waals surface area (Å²) in [5.74, 6) is 0.679. The maximum Gasteiger partial charge on any atom is 0.0501 e. The topological polar surface area (TPSA) is 48.0 Å². The molecule has 3 nitrogen and oxygen atoms in total. The van der Waals surface area contributed by atoms with Crippen molar-refractivity contribution in [3.8, 4) is 0 Å². The van der Waals surface area contributed by atoms with Crippen molar-refractivity contribution in [2.24, 2.45) is 0 Å². The maximum atomic E-state index is 11.0. The number of nitrogen functional groups attached to an aromatic ring is 1. The van der Waals surface area contributed by atoms with Gasteiger partial charge in [-0.1, -0.05) is 6.07 Å². The molecule has 1 unspecified atom stereocenters. The zero-order valence-electron chi connectivity index (χ0n) is 8.64. The first-order chi connectivity index (χ1) is 7.16. The molecule has 0 bridgehead atoms. The highest BCUT2D eigenvalue weighted by Gasteiger charge is 2.01. The number of nitrogens with two attached hydrogens (primary N) is 1. The van der Waals surface area contributed by atoms with Crippen LogP contribution in [-0.4, -0.2) is 20.8 Å². The number of aryl methyl sites for hydroxylation is 1. The molecule has 0 fully saturated rings. The van der Waals surface area contributed by atoms with E-state index in [-0.39, 0.29) is 0 Å². The second kappa shape index (κ2) is 4.06. The summed E-state index contributed by atoms with van der Waals surface area (Å²) >= 11 is 0. The predicted octanol–water partition coefficient (Wildman–Crippen LogP) is 1.60. The van der Waals surface area contributed by atoms with E-state index in [1.165, 1.54) is 5.39 Å². The first kappa shape index (κ1) is 10.2. The lowest BCUT2D eigenvalue weighted by molar-refractivity contribution is 0.680. The van der Waals surface area contributed by atoms with Gasteiger partial charge in [0.05, 0.1) is 5.52 Å². The van der Waals surface area contributed by atoms with E-state index < -0.39 is 10.8 Å². The summed E-state index contributed by atoms with van der Waals surface area (Å²) < 4.78 is 13.1. The number of hydrogen-bond donors (Lipinski definition) is 1. The number of anilines is 1. The minimum absolute atomic E-state index is 0.679. The van der Waals surface area contributed by atoms with Crippen molar-refractivity contribution in [3.05, 3.63) is 30.5 Å². The van der Waals surface area contributed by atoms with Crippen LogP contribution in [0.5, 0.6) is 0 Å². The lowest BCUT2D eigenvalue weighted by Gasteiger charge is -2.04. The maximum absolute atomic E-state index is 11.0. The van der Waals surface area contributed by atoms with Crippen molar-refractivity contribution in [3.63, 3.8) is 0 Å². The number of rotatable bonds is 3. The predicted molar refractivity (Wildman–Crippen MR) is 65.3 cm³/mol. The summed E-state index contributed by atoms with van der Waals surface area (Å²) in [6.45, 7) is 0.774. The molecule has 0 amide bonds. The Kier molecular flexibility index (Phi) is 2.77. The fraction of sp³-hybridized carbons (Fsp3) is 0.273. The number of benzene rings is 1. The van der Waals surface area contributed by atoms with E-state index in [9.17, 15) is 4.21 Å². The molecule has 1 aromatic heterocycles. The smallest absolute Gasteiger partial charge is 0.0501 e. The van der Waals surface area contributed by atoms with Gasteiger partial charge in [0.1, 0.15) is 0 Å². The van der Waals surface area contributed by atoms with Crippen LogP contribution < -0.4 is 5.73 Å². The monoisotopic (exact) mass is 222 g/mol. The van der Waals surface area contributed by atoms with Gasteiger partial charge in [-0.15, -0.1) is 0 Å². The fourth-order valence-electron chi connectivity index (χ4n) is 1.62. The molecule has 0 aliphatic rings. The molecular weight excluding hydrogens is 208 g/mol. The van der Waals surface area contributed by atoms with Crippen molar-refractivity contribution in [2.75, 3.05) is 17.7 Å². The van der Waals surface area contributed by atoms with Gasteiger partial charge in [0, 0.05) is 41.2 Å². The van der Waals surface area contributed by atoms with Crippen molar-refractivity contribution in [1.29, 1.82) is 0 Å². The number of fused-ring (bicyclic) bond motifs is 1. The molecule has 0 saturated heterocycles. The Morgan fingerprint density at radius 1 is 1.40 bits per heavy atom. The van der Waals surface area contributed by atoms with E-state index in [0.717, 1.165) is 17.7 Å². The molecule has 2 N–H and O–H groups in total. The van der Waals surface area contributed by atoms with Crippen molar-refractivity contribution >= 4 is 27.4 Å². The molecule has 2 rings (SSSR count). The third-order valence-electron chi connectivity index (χ3n) is 2.42. The van der Waals surface area contributed by atoms with E-state index in [0.29, 0.717) is 5.75 Å². The van der Waals surface area contributed by atoms with Crippen LogP contribution in [0, 0.1) is 0 Å². The van der Waals surface area contributed by atoms with Crippen molar-refractivity contribution < 1.29 is 4.21 Å². The minimum Gasteiger partial charge on any atom is -0.399 e. The highest BCUT2D eigenvalue weighted by molar-refractivity contribution is 7.84. The molecule has 0 saturated carbocycles. The number of hydrogen-bond acceptors (Lipinski definition) is 2. The quantitative estimate of drug-likeness (QED) is 0.802. The van der Waals surface area contributed by atoms with Gasteiger partial charge in [-0.25, -0.2) is 0 Å². The Balaban J connectivity index is 2.35. The Bertz CT molecular complexity index is 504. The second-order valence-corrected chi connectivity index (χ2v) is 5.16. The van der Waals surface area contributed by atoms with Gasteiger partial charge in [-0.3, -0.25) is 4.21 Å². The molecule has 2 aromatic rings. The van der Waals surface area contributed by atoms with Gasteiger partial charge in [-0.2, -0.15) is 0 Å². The SMILES string of the molecule is CS(=O)CCn1ccc2ccc(N)cc21. The number of nitrogens with zero attached hydrogens (tertiary/aromatic N) is 1. The van der Waals surface area contributed by atoms with Gasteiger partial charge in [0.25, 0.3) is 0 Å². The van der Waals surface area contributed by atoms with Crippen molar-refractivity contribution in [2.45, 2.75) is 6.54 Å². The van der Waals surface area contributed by atoms with Gasteiger partial charge < -0.3 is 10.3 Å². The Morgan fingerprint density at radius 3 is 2.93 bits per heavy atom. The average molecular weight is 222 g/mol. The normalized spacial score (nSPS) is 13.1. The molecule has 1 atom stereocenters. The van der Waals surface area contributed by atoms with E-state index in [1.807, 2.05) is 30.5 Å². The lowest BCUT2D eigenvalue weighted by Crippen LogP contribution is -2.05. The van der Waals surface area contributed by atoms with E-state index in [1.54, 1.807) is 6.26 Å². The van der Waals surface area contributed by atoms with Crippen LogP contribution in [0.2, 0.25) is 0 Å². The zero-order chi connectivity index (χ0) is 10.8. The Hall–Kier alpha value is -1.29. The third kappa shape index (κ3) is 2.21. The van der Waals surface area contributed by atoms with Crippen LogP contribution in [0.3, 0.4) is 0 Å². The Labute approximate surface area is 91.3 Å². The van der Waals surface area contributed by atoms with Crippen LogP contribution >= 0.6 is 0 Å². The van der Waals surface area contributed by atoms with Gasteiger partial charge in [-0.05, 0) is 23.6 Å². The van der Waals surface area contributed by atoms with Crippen LogP contribution in [-0.2, 0) is 17.3 Å². The molecule has 80 valence electrons. The standard InChI is InChI=1S/C11H14N2OS/c1-15(14)7-6-13-5-4-9-2-3-10(12)8-11(9)13/h2-5,8H,6-7,12H2,1H3. The first-order valence-electron chi connectivity index (χ1n) is 4.81. The highest BCUT2D eigenvalue weighted by Crippen LogP contribution is 2.18. The second-order valence-electron chi connectivity index (χ2n) is 3.60. The molecule has 0 radical (unpaired) electrons. The highest BCUT2D eigenvalue weighted by atomic mass is 32.2. The van der Waals surface area contributed by atoms with Crippen LogP contribution in [0.4, 0.5) is 5.69 Å². The van der Waals surface area contributed by atoms with Gasteiger partial charge in [0.2, 0.25) is 0 Å². The summed E-state index contributed by atoms with van der Waals surface area (Å²) in [5.41, 5.74) is 7.61. The molecule has 15 heavy (non-hydrogen) atoms. The van der Waals surface area contributed by atoms with E-state index >= 15 is 0 Å². The summed E-state index contributed by atoms with van der Waals surface area (Å²) in [5, 5.41) is 1.17. The summed E-state index contributed by atoms with van der Waals surface area (Å²) in [6, 6.07) is 7.90. The first-order valence-corrected chi connectivity index (χ1v) is 6.54.